The van der Waals surface area contributed by atoms with E-state index < -0.39 is 0 Å². The highest BCUT2D eigenvalue weighted by Crippen LogP contribution is 2.25. The number of aromatic nitrogens is 5. The molecule has 0 unspecified atom stereocenters. The van der Waals surface area contributed by atoms with E-state index in [1.807, 2.05) is 44.8 Å². The van der Waals surface area contributed by atoms with Gasteiger partial charge in [0.1, 0.15) is 11.5 Å². The molecule has 1 aliphatic heterocycles. The van der Waals surface area contributed by atoms with Crippen LogP contribution in [0.4, 0.5) is 5.82 Å². The fourth-order valence-electron chi connectivity index (χ4n) is 3.98. The summed E-state index contributed by atoms with van der Waals surface area (Å²) in [7, 11) is 0. The molecule has 5 heterocycles. The Morgan fingerprint density at radius 2 is 1.97 bits per heavy atom. The molecule has 0 saturated carbocycles. The van der Waals surface area contributed by atoms with Gasteiger partial charge in [0.2, 0.25) is 0 Å². The van der Waals surface area contributed by atoms with Crippen LogP contribution in [0.5, 0.6) is 0 Å². The number of fused-ring (bicyclic) bond motifs is 2. The van der Waals surface area contributed by atoms with Gasteiger partial charge in [0.05, 0.1) is 31.1 Å². The molecule has 10 heteroatoms. The van der Waals surface area contributed by atoms with Gasteiger partial charge in [0.15, 0.2) is 15.8 Å². The van der Waals surface area contributed by atoms with Crippen molar-refractivity contribution in [2.24, 2.45) is 4.99 Å². The topological polar surface area (TPSA) is 72.3 Å². The van der Waals surface area contributed by atoms with E-state index in [0.29, 0.717) is 24.9 Å². The quantitative estimate of drug-likeness (QED) is 0.354. The number of imidazole rings is 1. The number of anilines is 1. The van der Waals surface area contributed by atoms with E-state index in [1.54, 1.807) is 6.21 Å². The van der Waals surface area contributed by atoms with Gasteiger partial charge in [-0.3, -0.25) is 9.39 Å². The van der Waals surface area contributed by atoms with Crippen molar-refractivity contribution in [3.8, 4) is 11.3 Å². The van der Waals surface area contributed by atoms with Crippen LogP contribution in [0, 0.1) is 0 Å². The van der Waals surface area contributed by atoms with Crippen molar-refractivity contribution in [2.75, 3.05) is 31.2 Å². The lowest BCUT2D eigenvalue weighted by Crippen LogP contribution is -2.37. The molecule has 0 spiro atoms. The Kier molecular flexibility index (Phi) is 5.29. The first-order chi connectivity index (χ1) is 16.3. The van der Waals surface area contributed by atoms with Crippen molar-refractivity contribution in [1.82, 2.24) is 24.0 Å². The maximum absolute atomic E-state index is 6.29. The molecular weight excluding hydrogens is 458 g/mol. The fourth-order valence-corrected chi connectivity index (χ4v) is 4.97. The van der Waals surface area contributed by atoms with E-state index in [0.717, 1.165) is 52.2 Å². The van der Waals surface area contributed by atoms with Crippen LogP contribution in [0.25, 0.3) is 21.9 Å². The molecule has 1 aliphatic rings. The lowest BCUT2D eigenvalue weighted by atomic mass is 10.2. The summed E-state index contributed by atoms with van der Waals surface area (Å²) >= 11 is 7.83. The number of morpholine rings is 1. The average Bonchev–Trinajstić information content (AvgIpc) is 3.55. The molecule has 0 atom stereocenters. The zero-order valence-corrected chi connectivity index (χ0v) is 19.2. The summed E-state index contributed by atoms with van der Waals surface area (Å²) < 4.78 is 9.41. The summed E-state index contributed by atoms with van der Waals surface area (Å²) in [5, 5.41) is 7.29. The van der Waals surface area contributed by atoms with Crippen molar-refractivity contribution in [3.63, 3.8) is 0 Å². The van der Waals surface area contributed by atoms with Gasteiger partial charge in [-0.25, -0.2) is 9.97 Å². The molecule has 1 aromatic carbocycles. The second kappa shape index (κ2) is 8.58. The first kappa shape index (κ1) is 20.3. The Labute approximate surface area is 198 Å². The van der Waals surface area contributed by atoms with Crippen LogP contribution in [-0.4, -0.2) is 56.5 Å². The minimum absolute atomic E-state index is 0.424. The minimum atomic E-state index is 0.424. The van der Waals surface area contributed by atoms with E-state index in [4.69, 9.17) is 26.4 Å². The number of hydrogen-bond acceptors (Lipinski definition) is 7. The average molecular weight is 478 g/mol. The molecule has 0 aliphatic carbocycles. The summed E-state index contributed by atoms with van der Waals surface area (Å²) in [6, 6.07) is 14.2. The van der Waals surface area contributed by atoms with Crippen molar-refractivity contribution in [1.29, 1.82) is 0 Å². The van der Waals surface area contributed by atoms with Crippen LogP contribution in [0.15, 0.2) is 59.0 Å². The van der Waals surface area contributed by atoms with Gasteiger partial charge in [-0.05, 0) is 0 Å². The standard InChI is InChI=1S/C23H20ClN7OS/c24-22-19(30-8-11-33-23(30)27-22)15-25-14-17-12-21(29-6-9-32-10-7-29)31-20(26-17)13-18(28-31)16-4-2-1-3-5-16/h1-5,8,11-13,15H,6-7,9-10,14H2. The van der Waals surface area contributed by atoms with Crippen LogP contribution in [0.3, 0.4) is 0 Å². The lowest BCUT2D eigenvalue weighted by Gasteiger charge is -2.29. The van der Waals surface area contributed by atoms with Crippen molar-refractivity contribution in [3.05, 3.63) is 70.6 Å². The van der Waals surface area contributed by atoms with Crippen LogP contribution < -0.4 is 4.90 Å². The Balaban J connectivity index is 1.37. The van der Waals surface area contributed by atoms with Gasteiger partial charge in [0.25, 0.3) is 0 Å². The van der Waals surface area contributed by atoms with Crippen LogP contribution in [0.2, 0.25) is 5.15 Å². The number of rotatable bonds is 5. The summed E-state index contributed by atoms with van der Waals surface area (Å²) in [6.45, 7) is 3.43. The van der Waals surface area contributed by atoms with Gasteiger partial charge < -0.3 is 9.64 Å². The van der Waals surface area contributed by atoms with E-state index >= 15 is 0 Å². The Morgan fingerprint density at radius 3 is 2.82 bits per heavy atom. The first-order valence-corrected chi connectivity index (χ1v) is 11.9. The normalized spacial score (nSPS) is 14.8. The minimum Gasteiger partial charge on any atom is -0.378 e. The number of halogens is 1. The second-order valence-electron chi connectivity index (χ2n) is 7.68. The monoisotopic (exact) mass is 477 g/mol. The third-order valence-corrected chi connectivity index (χ3v) is 6.62. The summed E-state index contributed by atoms with van der Waals surface area (Å²) in [6.07, 6.45) is 3.71. The van der Waals surface area contributed by atoms with Crippen LogP contribution in [0.1, 0.15) is 11.4 Å². The third kappa shape index (κ3) is 3.88. The fraction of sp³-hybridized carbons (Fsp3) is 0.217. The first-order valence-electron chi connectivity index (χ1n) is 10.6. The van der Waals surface area contributed by atoms with Crippen molar-refractivity contribution in [2.45, 2.75) is 6.54 Å². The maximum Gasteiger partial charge on any atom is 0.195 e. The number of benzene rings is 1. The lowest BCUT2D eigenvalue weighted by molar-refractivity contribution is 0.122. The Morgan fingerprint density at radius 1 is 1.12 bits per heavy atom. The molecule has 8 nitrogen and oxygen atoms in total. The molecule has 0 amide bonds. The molecule has 166 valence electrons. The number of ether oxygens (including phenoxy) is 1. The smallest absolute Gasteiger partial charge is 0.195 e. The predicted molar refractivity (Wildman–Crippen MR) is 131 cm³/mol. The molecule has 0 bridgehead atoms. The van der Waals surface area contributed by atoms with Crippen molar-refractivity contribution >= 4 is 45.6 Å². The molecule has 5 aromatic rings. The third-order valence-electron chi connectivity index (χ3n) is 5.59. The van der Waals surface area contributed by atoms with Gasteiger partial charge in [0, 0.05) is 48.6 Å². The molecule has 1 saturated heterocycles. The van der Waals surface area contributed by atoms with E-state index in [-0.39, 0.29) is 0 Å². The van der Waals surface area contributed by atoms with Crippen LogP contribution in [-0.2, 0) is 11.3 Å². The molecule has 33 heavy (non-hydrogen) atoms. The van der Waals surface area contributed by atoms with Gasteiger partial charge >= 0.3 is 0 Å². The molecule has 0 N–H and O–H groups in total. The molecule has 4 aromatic heterocycles. The number of aliphatic imine (C=N–C) groups is 1. The predicted octanol–water partition coefficient (Wildman–Crippen LogP) is 4.21. The highest BCUT2D eigenvalue weighted by molar-refractivity contribution is 7.15. The SMILES string of the molecule is Clc1nc2sccn2c1C=NCc1cc(N2CCOCC2)n2nc(-c3ccccc3)cc2n1. The summed E-state index contributed by atoms with van der Waals surface area (Å²) in [5.41, 5.74) is 4.39. The number of hydrogen-bond donors (Lipinski definition) is 0. The maximum atomic E-state index is 6.29. The molecular formula is C23H20ClN7OS. The Hall–Kier alpha value is -3.27. The van der Waals surface area contributed by atoms with Crippen molar-refractivity contribution < 1.29 is 4.74 Å². The van der Waals surface area contributed by atoms with Gasteiger partial charge in [-0.1, -0.05) is 41.9 Å². The molecule has 1 fully saturated rings. The van der Waals surface area contributed by atoms with Gasteiger partial charge in [-0.15, -0.1) is 11.3 Å². The molecule has 0 radical (unpaired) electrons. The highest BCUT2D eigenvalue weighted by Gasteiger charge is 2.18. The zero-order chi connectivity index (χ0) is 22.2. The van der Waals surface area contributed by atoms with E-state index in [1.165, 1.54) is 11.3 Å². The van der Waals surface area contributed by atoms with Crippen LogP contribution >= 0.6 is 22.9 Å². The number of thiazole rings is 1. The largest absolute Gasteiger partial charge is 0.378 e. The summed E-state index contributed by atoms with van der Waals surface area (Å²) in [5.74, 6) is 0.998. The van der Waals surface area contributed by atoms with E-state index in [9.17, 15) is 0 Å². The highest BCUT2D eigenvalue weighted by atomic mass is 35.5. The zero-order valence-electron chi connectivity index (χ0n) is 17.6. The second-order valence-corrected chi connectivity index (χ2v) is 8.91. The number of nitrogens with zero attached hydrogens (tertiary/aromatic N) is 7. The van der Waals surface area contributed by atoms with Gasteiger partial charge in [-0.2, -0.15) is 9.61 Å². The van der Waals surface area contributed by atoms with E-state index in [2.05, 4.69) is 33.1 Å². The molecule has 6 rings (SSSR count). The summed E-state index contributed by atoms with van der Waals surface area (Å²) in [4.78, 5) is 17.0. The Bertz CT molecular complexity index is 1450.